The summed E-state index contributed by atoms with van der Waals surface area (Å²) in [5.41, 5.74) is -5.07. The maximum absolute atomic E-state index is 14.7. The Morgan fingerprint density at radius 1 is 0.674 bits per heavy atom. The van der Waals surface area contributed by atoms with Crippen LogP contribution in [0.4, 0.5) is 0 Å². The number of hydrogen-bond acceptors (Lipinski definition) is 23. The Morgan fingerprint density at radius 2 is 1.16 bits per heavy atom. The lowest BCUT2D eigenvalue weighted by atomic mass is 9.97. The van der Waals surface area contributed by atoms with Crippen LogP contribution in [0.1, 0.15) is 115 Å². The molecule has 92 heavy (non-hydrogen) atoms. The highest BCUT2D eigenvalue weighted by Gasteiger charge is 2.50. The highest BCUT2D eigenvalue weighted by atomic mass is 32.1. The number of hydrogen-bond donors (Lipinski definition) is 6. The molecule has 29 heteroatoms. The number of aliphatic hydroxyl groups is 3. The predicted octanol–water partition coefficient (Wildman–Crippen LogP) is 6.74. The number of esters is 1. The molecule has 0 amide bonds. The van der Waals surface area contributed by atoms with E-state index in [1.54, 1.807) is 56.3 Å². The summed E-state index contributed by atoms with van der Waals surface area (Å²) in [6.45, 7) is 9.29. The number of rotatable bonds is 19. The third-order valence-electron chi connectivity index (χ3n) is 16.8. The van der Waals surface area contributed by atoms with Gasteiger partial charge in [0.05, 0.1) is 65.3 Å². The monoisotopic (exact) mass is 1310 g/mol. The predicted molar refractivity (Wildman–Crippen MR) is 334 cm³/mol. The second-order valence-electron chi connectivity index (χ2n) is 23.4. The van der Waals surface area contributed by atoms with Gasteiger partial charge in [-0.1, -0.05) is 63.1 Å². The van der Waals surface area contributed by atoms with Crippen molar-refractivity contribution in [3.05, 3.63) is 137 Å². The van der Waals surface area contributed by atoms with Gasteiger partial charge in [0.1, 0.15) is 75.3 Å². The third kappa shape index (κ3) is 13.1. The van der Waals surface area contributed by atoms with Crippen LogP contribution in [0.2, 0.25) is 0 Å². The summed E-state index contributed by atoms with van der Waals surface area (Å²) in [4.78, 5) is 105. The number of phenolic OH excluding ortho intramolecular Hbond substituents is 1. The largest absolute Gasteiger partial charge is 0.508 e. The molecule has 6 aromatic heterocycles. The Labute approximate surface area is 533 Å². The number of fused-ring (bicyclic) bond motifs is 2. The topological polar surface area (TPSA) is 368 Å². The van der Waals surface area contributed by atoms with Gasteiger partial charge in [-0.2, -0.15) is 0 Å². The third-order valence-corrected chi connectivity index (χ3v) is 19.4. The first kappa shape index (κ1) is 68.2. The first-order valence-electron chi connectivity index (χ1n) is 29.4. The SMILES string of the molecule is C.COc1ccccc1[C@H](Cn1c(=O)n(C(C)(C)C(=O)OC2OC(C(=O)O)C(O)C(O)C2O)c(=O)c2c(C)c(-c3ncco3)sc21)OC1CCOCC1.Cc1c(-c2ncco2)sc2c1c(=O)n(C(C)(C)C(=O)O)c(=O)n2C[C@H](OC1CCCCC1)c1ccccc1O. The number of aryl methyl sites for hydroxylation is 2. The van der Waals surface area contributed by atoms with E-state index in [0.717, 1.165) is 48.0 Å². The number of aliphatic hydroxyl groups excluding tert-OH is 3. The molecular formula is C63H74N6O21S2. The number of carbonyl (C=O) groups excluding carboxylic acids is 1. The number of ether oxygens (including phenoxy) is 6. The van der Waals surface area contributed by atoms with Crippen molar-refractivity contribution in [1.29, 1.82) is 0 Å². The van der Waals surface area contributed by atoms with E-state index >= 15 is 0 Å². The zero-order valence-electron chi connectivity index (χ0n) is 50.7. The molecule has 0 bridgehead atoms. The van der Waals surface area contributed by atoms with E-state index in [1.807, 2.05) is 6.07 Å². The Bertz CT molecular complexity index is 4210. The van der Waals surface area contributed by atoms with E-state index in [2.05, 4.69) is 9.97 Å². The van der Waals surface area contributed by atoms with Gasteiger partial charge in [-0.3, -0.25) is 18.7 Å². The summed E-state index contributed by atoms with van der Waals surface area (Å²) in [5.74, 6) is -3.25. The van der Waals surface area contributed by atoms with Crippen molar-refractivity contribution < 1.29 is 82.3 Å². The molecule has 5 unspecified atom stereocenters. The van der Waals surface area contributed by atoms with Crippen LogP contribution >= 0.6 is 22.7 Å². The lowest BCUT2D eigenvalue weighted by Gasteiger charge is -2.39. The van der Waals surface area contributed by atoms with Crippen molar-refractivity contribution >= 4 is 61.0 Å². The van der Waals surface area contributed by atoms with Gasteiger partial charge < -0.3 is 67.9 Å². The fourth-order valence-electron chi connectivity index (χ4n) is 11.6. The van der Waals surface area contributed by atoms with Crippen LogP contribution in [0.5, 0.6) is 11.5 Å². The normalized spacial score (nSPS) is 19.8. The van der Waals surface area contributed by atoms with Crippen molar-refractivity contribution in [2.24, 2.45) is 0 Å². The van der Waals surface area contributed by atoms with E-state index in [0.29, 0.717) is 79.1 Å². The quantitative estimate of drug-likeness (QED) is 0.0456. The molecule has 6 N–H and O–H groups in total. The Balaban J connectivity index is 0.000000224. The molecule has 27 nitrogen and oxygen atoms in total. The van der Waals surface area contributed by atoms with Gasteiger partial charge in [-0.05, 0) is 90.5 Å². The standard InChI is InChI=1S/C34H39N3O14S.C28H31N3O7S.CH4/c1-16-21-28(41)37(34(2,3)32(44)51-31-24(40)22(38)23(39)25(50-31)30(42)43)33(45)36(29(21)52-26(16)27-35-11-14-48-27)15-20(49-17-9-12-47-13-10-17)18-7-5-6-8-19(18)46-4;1-16-21-24(33)31(28(2,3)26(34)35)27(36)30(25(21)39-22(16)23-29-13-14-37-23)15-20(18-11-7-8-12-19(18)32)38-17-9-5-4-6-10-17;/h5-8,11,14,17,20,22-25,31,38-40H,9-10,12-13,15H2,1-4H3,(H,42,43);7-8,11-14,17,20,32H,4-6,9-10,15H2,1-3H3,(H,34,35);1H4/t20-,22?,23?,24?,25?,31?;20-;/m00./s1. The van der Waals surface area contributed by atoms with Crippen LogP contribution in [-0.4, -0.2) is 140 Å². The van der Waals surface area contributed by atoms with Crippen molar-refractivity contribution in [2.45, 2.75) is 173 Å². The number of methoxy groups -OCH3 is 1. The van der Waals surface area contributed by atoms with Crippen LogP contribution in [0.15, 0.2) is 101 Å². The van der Waals surface area contributed by atoms with Gasteiger partial charge in [0.15, 0.2) is 6.10 Å². The number of aliphatic carboxylic acids is 2. The zero-order valence-corrected chi connectivity index (χ0v) is 52.3. The molecule has 11 rings (SSSR count). The van der Waals surface area contributed by atoms with E-state index in [4.69, 9.17) is 37.3 Å². The molecule has 1 aliphatic carbocycles. The van der Waals surface area contributed by atoms with E-state index < -0.39 is 94.4 Å². The average Bonchev–Trinajstić information content (AvgIpc) is 1.47. The Kier molecular flexibility index (Phi) is 20.8. The van der Waals surface area contributed by atoms with Gasteiger partial charge in [0, 0.05) is 24.3 Å². The number of nitrogens with zero attached hydrogens (tertiary/aromatic N) is 6. The summed E-state index contributed by atoms with van der Waals surface area (Å²) >= 11 is 2.28. The maximum atomic E-state index is 14.7. The zero-order chi connectivity index (χ0) is 65.4. The smallest absolute Gasteiger partial charge is 0.335 e. The second-order valence-corrected chi connectivity index (χ2v) is 25.4. The number of carboxylic acids is 2. The van der Waals surface area contributed by atoms with Gasteiger partial charge in [0.2, 0.25) is 18.1 Å². The number of oxazole rings is 2. The van der Waals surface area contributed by atoms with Crippen LogP contribution in [0.3, 0.4) is 0 Å². The van der Waals surface area contributed by atoms with E-state index in [9.17, 15) is 64.2 Å². The molecule has 1 saturated carbocycles. The number of benzene rings is 2. The number of aromatic hydroxyl groups is 1. The van der Waals surface area contributed by atoms with Crippen molar-refractivity contribution in [3.63, 3.8) is 0 Å². The molecule has 494 valence electrons. The molecule has 3 fully saturated rings. The van der Waals surface area contributed by atoms with Gasteiger partial charge in [0.25, 0.3) is 11.1 Å². The lowest BCUT2D eigenvalue weighted by molar-refractivity contribution is -0.288. The maximum Gasteiger partial charge on any atom is 0.335 e. The highest BCUT2D eigenvalue weighted by molar-refractivity contribution is 7.22. The van der Waals surface area contributed by atoms with Crippen LogP contribution in [-0.2, 0) is 62.2 Å². The van der Waals surface area contributed by atoms with Crippen molar-refractivity contribution in [2.75, 3.05) is 20.3 Å². The van der Waals surface area contributed by atoms with Gasteiger partial charge in [-0.25, -0.2) is 43.1 Å². The molecule has 8 heterocycles. The van der Waals surface area contributed by atoms with Gasteiger partial charge in [-0.15, -0.1) is 22.7 Å². The second kappa shape index (κ2) is 28.0. The Hall–Kier alpha value is -8.13. The molecule has 0 spiro atoms. The summed E-state index contributed by atoms with van der Waals surface area (Å²) in [7, 11) is 1.51. The first-order valence-corrected chi connectivity index (χ1v) is 31.0. The number of carboxylic acid groups (broad SMARTS) is 2. The number of phenols is 1. The number of carbonyl (C=O) groups is 3. The van der Waals surface area contributed by atoms with Crippen LogP contribution < -0.4 is 27.2 Å². The molecule has 2 aliphatic heterocycles. The molecule has 0 radical (unpaired) electrons. The summed E-state index contributed by atoms with van der Waals surface area (Å²) in [6.07, 6.45) is -0.224. The molecule has 2 aromatic carbocycles. The van der Waals surface area contributed by atoms with Crippen molar-refractivity contribution in [3.8, 4) is 33.0 Å². The number of para-hydroxylation sites is 2. The van der Waals surface area contributed by atoms with Crippen LogP contribution in [0, 0.1) is 13.8 Å². The van der Waals surface area contributed by atoms with E-state index in [1.165, 1.54) is 80.2 Å². The molecular weight excluding hydrogens is 1240 g/mol. The fourth-order valence-corrected chi connectivity index (χ4v) is 14.1. The van der Waals surface area contributed by atoms with Crippen molar-refractivity contribution in [1.82, 2.24) is 28.2 Å². The number of thiophene rings is 2. The highest BCUT2D eigenvalue weighted by Crippen LogP contribution is 2.41. The molecule has 8 aromatic rings. The number of aromatic nitrogens is 6. The molecule has 3 aliphatic rings. The minimum Gasteiger partial charge on any atom is -0.508 e. The summed E-state index contributed by atoms with van der Waals surface area (Å²) < 4.78 is 50.1. The lowest BCUT2D eigenvalue weighted by Crippen LogP contribution is -2.62. The molecule has 2 saturated heterocycles. The van der Waals surface area contributed by atoms with Gasteiger partial charge >= 0.3 is 29.3 Å². The van der Waals surface area contributed by atoms with E-state index in [-0.39, 0.29) is 60.0 Å². The summed E-state index contributed by atoms with van der Waals surface area (Å²) in [6, 6.07) is 14.0. The van der Waals surface area contributed by atoms with Crippen LogP contribution in [0.25, 0.3) is 42.0 Å². The summed E-state index contributed by atoms with van der Waals surface area (Å²) in [5, 5.41) is 61.3. The Morgan fingerprint density at radius 3 is 1.65 bits per heavy atom. The fraction of sp³-hybridized carbons (Fsp3) is 0.476. The minimum atomic E-state index is -2.12. The minimum absolute atomic E-state index is 0. The molecule has 7 atom stereocenters. The first-order chi connectivity index (χ1) is 43.4. The average molecular weight is 1320 g/mol.